The number of benzene rings is 2. The molecule has 1 atom stereocenters. The lowest BCUT2D eigenvalue weighted by Gasteiger charge is -2.21. The molecule has 2 heterocycles. The molecule has 5 rings (SSSR count). The lowest BCUT2D eigenvalue weighted by atomic mass is 9.96. The number of nitrogens with one attached hydrogen (secondary N) is 2. The van der Waals surface area contributed by atoms with Crippen molar-refractivity contribution in [1.82, 2.24) is 25.1 Å². The Balaban J connectivity index is 1.40. The van der Waals surface area contributed by atoms with E-state index in [9.17, 15) is 23.6 Å². The van der Waals surface area contributed by atoms with Crippen molar-refractivity contribution in [3.8, 4) is 11.4 Å². The highest BCUT2D eigenvalue weighted by atomic mass is 19.1. The molecule has 0 saturated heterocycles. The van der Waals surface area contributed by atoms with E-state index in [1.165, 1.54) is 12.1 Å². The molecule has 2 N–H and O–H groups in total. The molecule has 1 saturated carbocycles. The zero-order valence-electron chi connectivity index (χ0n) is 24.6. The lowest BCUT2D eigenvalue weighted by Crippen LogP contribution is -2.46. The fraction of sp³-hybridized carbons (Fsp3) is 0.323. The van der Waals surface area contributed by atoms with E-state index in [1.54, 1.807) is 63.2 Å². The highest BCUT2D eigenvalue weighted by Gasteiger charge is 2.51. The second-order valence-electron chi connectivity index (χ2n) is 10.9. The summed E-state index contributed by atoms with van der Waals surface area (Å²) in [5.41, 5.74) is 0.195. The number of carbonyl (C=O) groups is 3. The number of anilines is 1. The summed E-state index contributed by atoms with van der Waals surface area (Å²) in [6.45, 7) is 4.53. The third-order valence-corrected chi connectivity index (χ3v) is 7.55. The summed E-state index contributed by atoms with van der Waals surface area (Å²) in [5.74, 6) is -1.82. The number of aromatic nitrogens is 4. The van der Waals surface area contributed by atoms with E-state index in [1.807, 2.05) is 0 Å². The Bertz CT molecular complexity index is 1760. The van der Waals surface area contributed by atoms with Crippen molar-refractivity contribution in [3.05, 3.63) is 93.8 Å². The third-order valence-electron chi connectivity index (χ3n) is 7.55. The third kappa shape index (κ3) is 5.98. The topological polar surface area (TPSA) is 158 Å². The van der Waals surface area contributed by atoms with E-state index >= 15 is 0 Å². The molecule has 1 aliphatic rings. The predicted molar refractivity (Wildman–Crippen MR) is 157 cm³/mol. The van der Waals surface area contributed by atoms with Gasteiger partial charge in [0.2, 0.25) is 17.6 Å². The summed E-state index contributed by atoms with van der Waals surface area (Å²) in [6, 6.07) is 13.7. The number of ether oxygens (including phenoxy) is 1. The predicted octanol–water partition coefficient (Wildman–Crippen LogP) is 4.02. The number of hydrogen-bond acceptors (Lipinski definition) is 9. The van der Waals surface area contributed by atoms with Crippen LogP contribution in [0.25, 0.3) is 11.4 Å². The molecule has 1 aliphatic carbocycles. The molecule has 0 bridgehead atoms. The molecule has 0 aliphatic heterocycles. The number of Topliss-reactive ketones (excluding diaryl/α,β-unsaturated/α-hetero) is 1. The number of carbonyl (C=O) groups excluding carboxylic acids is 3. The van der Waals surface area contributed by atoms with Crippen LogP contribution in [0.1, 0.15) is 54.5 Å². The molecule has 0 radical (unpaired) electrons. The van der Waals surface area contributed by atoms with Gasteiger partial charge < -0.3 is 14.5 Å². The van der Waals surface area contributed by atoms with Crippen LogP contribution in [0.15, 0.2) is 63.8 Å². The standard InChI is InChI=1S/C31H31FN6O6/c1-17(2)23(25(40)27-36-37-29(44-27)31(14-15-31)20-10-12-21(32)13-11-20)34-22(39)16-38-26(19-8-6-5-7-9-19)33-18(3)24(28(38)41)35-30(42)43-4/h5-13,17,23H,14-16H2,1-4H3,(H,34,39)(H,35,42)/t23-/m0/s1. The summed E-state index contributed by atoms with van der Waals surface area (Å²) < 4.78 is 25.0. The highest BCUT2D eigenvalue weighted by molar-refractivity contribution is 5.98. The molecular formula is C31H31FN6O6. The van der Waals surface area contributed by atoms with Crippen LogP contribution in [0.4, 0.5) is 14.9 Å². The Morgan fingerprint density at radius 3 is 2.36 bits per heavy atom. The van der Waals surface area contributed by atoms with Crippen molar-refractivity contribution in [2.75, 3.05) is 12.4 Å². The van der Waals surface area contributed by atoms with Crippen molar-refractivity contribution < 1.29 is 27.9 Å². The van der Waals surface area contributed by atoms with Crippen LogP contribution in [-0.2, 0) is 21.5 Å². The minimum absolute atomic E-state index is 0.144. The van der Waals surface area contributed by atoms with Gasteiger partial charge in [-0.15, -0.1) is 10.2 Å². The van der Waals surface area contributed by atoms with Gasteiger partial charge in [0.1, 0.15) is 23.9 Å². The number of halogens is 1. The number of ketones is 1. The summed E-state index contributed by atoms with van der Waals surface area (Å²) in [7, 11) is 1.16. The fourth-order valence-corrected chi connectivity index (χ4v) is 4.98. The largest absolute Gasteiger partial charge is 0.453 e. The van der Waals surface area contributed by atoms with Crippen LogP contribution in [0.3, 0.4) is 0 Å². The molecular weight excluding hydrogens is 571 g/mol. The van der Waals surface area contributed by atoms with Crippen molar-refractivity contribution in [1.29, 1.82) is 0 Å². The number of amides is 2. The average Bonchev–Trinajstić information content (AvgIpc) is 3.67. The smallest absolute Gasteiger partial charge is 0.411 e. The Hall–Kier alpha value is -5.20. The summed E-state index contributed by atoms with van der Waals surface area (Å²) in [4.78, 5) is 56.9. The molecule has 0 spiro atoms. The van der Waals surface area contributed by atoms with E-state index in [2.05, 4.69) is 30.6 Å². The first-order valence-corrected chi connectivity index (χ1v) is 14.0. The molecule has 44 heavy (non-hydrogen) atoms. The van der Waals surface area contributed by atoms with Crippen molar-refractivity contribution in [3.63, 3.8) is 0 Å². The van der Waals surface area contributed by atoms with Crippen LogP contribution in [0.2, 0.25) is 0 Å². The Morgan fingerprint density at radius 2 is 1.75 bits per heavy atom. The lowest BCUT2D eigenvalue weighted by molar-refractivity contribution is -0.122. The van der Waals surface area contributed by atoms with Gasteiger partial charge in [0.05, 0.1) is 24.3 Å². The maximum atomic E-state index is 13.5. The first-order valence-electron chi connectivity index (χ1n) is 14.0. The molecule has 13 heteroatoms. The van der Waals surface area contributed by atoms with Crippen LogP contribution in [0, 0.1) is 18.7 Å². The van der Waals surface area contributed by atoms with Gasteiger partial charge in [-0.05, 0) is 43.4 Å². The molecule has 4 aromatic rings. The highest BCUT2D eigenvalue weighted by Crippen LogP contribution is 2.52. The number of hydrogen-bond donors (Lipinski definition) is 2. The first kappa shape index (κ1) is 30.3. The van der Waals surface area contributed by atoms with Crippen molar-refractivity contribution >= 4 is 23.5 Å². The number of rotatable bonds is 10. The molecule has 0 unspecified atom stereocenters. The molecule has 2 aromatic heterocycles. The summed E-state index contributed by atoms with van der Waals surface area (Å²) >= 11 is 0. The summed E-state index contributed by atoms with van der Waals surface area (Å²) in [6.07, 6.45) is 0.538. The van der Waals surface area contributed by atoms with Crippen molar-refractivity contribution in [2.24, 2.45) is 5.92 Å². The Labute approximate surface area is 251 Å². The first-order chi connectivity index (χ1) is 21.0. The number of aryl methyl sites for hydroxylation is 1. The SMILES string of the molecule is COC(=O)Nc1c(C)nc(-c2ccccc2)n(CC(=O)N[C@H](C(=O)c2nnc(C3(c4ccc(F)cc4)CC3)o2)C(C)C)c1=O. The van der Waals surface area contributed by atoms with Gasteiger partial charge >= 0.3 is 6.09 Å². The number of methoxy groups -OCH3 is 1. The monoisotopic (exact) mass is 602 g/mol. The Morgan fingerprint density at radius 1 is 1.07 bits per heavy atom. The van der Waals surface area contributed by atoms with Crippen LogP contribution in [-0.4, -0.2) is 50.7 Å². The molecule has 12 nitrogen and oxygen atoms in total. The molecule has 1 fully saturated rings. The zero-order valence-corrected chi connectivity index (χ0v) is 24.6. The van der Waals surface area contributed by atoms with Gasteiger partial charge in [0.15, 0.2) is 0 Å². The maximum Gasteiger partial charge on any atom is 0.411 e. The number of nitrogens with zero attached hydrogens (tertiary/aromatic N) is 4. The molecule has 2 amide bonds. The van der Waals surface area contributed by atoms with Gasteiger partial charge in [-0.1, -0.05) is 56.3 Å². The van der Waals surface area contributed by atoms with E-state index in [0.29, 0.717) is 18.4 Å². The van der Waals surface area contributed by atoms with E-state index in [0.717, 1.165) is 17.2 Å². The van der Waals surface area contributed by atoms with Gasteiger partial charge in [-0.2, -0.15) is 0 Å². The van der Waals surface area contributed by atoms with Crippen LogP contribution < -0.4 is 16.2 Å². The van der Waals surface area contributed by atoms with Crippen molar-refractivity contribution in [2.45, 2.75) is 51.6 Å². The second-order valence-corrected chi connectivity index (χ2v) is 10.9. The van der Waals surface area contributed by atoms with Gasteiger partial charge in [-0.3, -0.25) is 24.3 Å². The fourth-order valence-electron chi connectivity index (χ4n) is 4.98. The van der Waals surface area contributed by atoms with E-state index in [-0.39, 0.29) is 40.7 Å². The normalized spacial score (nSPS) is 14.1. The Kier molecular flexibility index (Phi) is 8.39. The zero-order chi connectivity index (χ0) is 31.6. The molecule has 228 valence electrons. The maximum absolute atomic E-state index is 13.5. The second kappa shape index (κ2) is 12.2. The van der Waals surface area contributed by atoms with Gasteiger partial charge in [0.25, 0.3) is 11.4 Å². The minimum Gasteiger partial charge on any atom is -0.453 e. The average molecular weight is 603 g/mol. The summed E-state index contributed by atoms with van der Waals surface area (Å²) in [5, 5.41) is 13.2. The minimum atomic E-state index is -1.06. The van der Waals surface area contributed by atoms with Gasteiger partial charge in [0, 0.05) is 5.56 Å². The van der Waals surface area contributed by atoms with Gasteiger partial charge in [-0.25, -0.2) is 14.2 Å². The van der Waals surface area contributed by atoms with E-state index < -0.39 is 41.3 Å². The quantitative estimate of drug-likeness (QED) is 0.256. The van der Waals surface area contributed by atoms with Crippen LogP contribution >= 0.6 is 0 Å². The molecule has 2 aromatic carbocycles. The van der Waals surface area contributed by atoms with Crippen LogP contribution in [0.5, 0.6) is 0 Å². The van der Waals surface area contributed by atoms with E-state index in [4.69, 9.17) is 4.42 Å².